The summed E-state index contributed by atoms with van der Waals surface area (Å²) in [5, 5.41) is 12.8. The number of hydrogen-bond acceptors (Lipinski definition) is 3. The fourth-order valence-corrected chi connectivity index (χ4v) is 1.76. The SMILES string of the molecule is CCOc1ccc(-c2cnn(CCC(=O)O)c2)cc1. The van der Waals surface area contributed by atoms with Crippen LogP contribution in [-0.4, -0.2) is 27.5 Å². The predicted molar refractivity (Wildman–Crippen MR) is 71.1 cm³/mol. The molecule has 2 rings (SSSR count). The molecule has 0 saturated carbocycles. The summed E-state index contributed by atoms with van der Waals surface area (Å²) in [5.74, 6) is 0.0163. The van der Waals surface area contributed by atoms with E-state index in [1.54, 1.807) is 10.9 Å². The maximum atomic E-state index is 10.5. The fraction of sp³-hybridized carbons (Fsp3) is 0.286. The minimum absolute atomic E-state index is 0.0738. The molecule has 5 nitrogen and oxygen atoms in total. The van der Waals surface area contributed by atoms with Gasteiger partial charge < -0.3 is 9.84 Å². The standard InChI is InChI=1S/C14H16N2O3/c1-2-19-13-5-3-11(4-6-13)12-9-15-16(10-12)8-7-14(17)18/h3-6,9-10H,2,7-8H2,1H3,(H,17,18). The molecule has 2 aromatic rings. The first-order valence-corrected chi connectivity index (χ1v) is 6.16. The Hall–Kier alpha value is -2.30. The monoisotopic (exact) mass is 260 g/mol. The van der Waals surface area contributed by atoms with Crippen LogP contribution < -0.4 is 4.74 Å². The van der Waals surface area contributed by atoms with Crippen molar-refractivity contribution in [2.75, 3.05) is 6.61 Å². The van der Waals surface area contributed by atoms with Crippen molar-refractivity contribution in [3.63, 3.8) is 0 Å². The van der Waals surface area contributed by atoms with Crippen LogP contribution in [0.2, 0.25) is 0 Å². The highest BCUT2D eigenvalue weighted by Gasteiger charge is 2.04. The van der Waals surface area contributed by atoms with Crippen LogP contribution in [0.15, 0.2) is 36.7 Å². The molecule has 0 aliphatic heterocycles. The lowest BCUT2D eigenvalue weighted by atomic mass is 10.1. The molecule has 19 heavy (non-hydrogen) atoms. The second-order valence-electron chi connectivity index (χ2n) is 4.09. The average Bonchev–Trinajstić information content (AvgIpc) is 2.86. The molecular weight excluding hydrogens is 244 g/mol. The van der Waals surface area contributed by atoms with Gasteiger partial charge in [0.25, 0.3) is 0 Å². The van der Waals surface area contributed by atoms with E-state index in [9.17, 15) is 4.79 Å². The van der Waals surface area contributed by atoms with Gasteiger partial charge in [-0.3, -0.25) is 9.48 Å². The molecule has 0 atom stereocenters. The molecule has 1 aromatic carbocycles. The van der Waals surface area contributed by atoms with Crippen molar-refractivity contribution in [1.82, 2.24) is 9.78 Å². The largest absolute Gasteiger partial charge is 0.494 e. The van der Waals surface area contributed by atoms with Gasteiger partial charge in [0.1, 0.15) is 5.75 Å². The van der Waals surface area contributed by atoms with Gasteiger partial charge in [-0.15, -0.1) is 0 Å². The quantitative estimate of drug-likeness (QED) is 0.866. The number of carbonyl (C=O) groups is 1. The molecule has 1 aromatic heterocycles. The number of aromatic nitrogens is 2. The van der Waals surface area contributed by atoms with Crippen LogP contribution in [0.3, 0.4) is 0 Å². The molecule has 0 aliphatic rings. The van der Waals surface area contributed by atoms with Gasteiger partial charge in [-0.2, -0.15) is 5.10 Å². The molecule has 0 radical (unpaired) electrons. The Morgan fingerprint density at radius 2 is 2.05 bits per heavy atom. The van der Waals surface area contributed by atoms with E-state index in [-0.39, 0.29) is 6.42 Å². The topological polar surface area (TPSA) is 64.4 Å². The number of hydrogen-bond donors (Lipinski definition) is 1. The van der Waals surface area contributed by atoms with Gasteiger partial charge in [0, 0.05) is 11.8 Å². The van der Waals surface area contributed by atoms with Gasteiger partial charge in [-0.05, 0) is 24.6 Å². The van der Waals surface area contributed by atoms with Crippen molar-refractivity contribution in [2.24, 2.45) is 0 Å². The van der Waals surface area contributed by atoms with Crippen molar-refractivity contribution < 1.29 is 14.6 Å². The number of rotatable bonds is 6. The maximum Gasteiger partial charge on any atom is 0.305 e. The molecule has 0 fully saturated rings. The van der Waals surface area contributed by atoms with E-state index in [1.807, 2.05) is 37.4 Å². The Bertz CT molecular complexity index is 546. The summed E-state index contributed by atoms with van der Waals surface area (Å²) >= 11 is 0. The van der Waals surface area contributed by atoms with E-state index in [4.69, 9.17) is 9.84 Å². The Morgan fingerprint density at radius 3 is 2.68 bits per heavy atom. The molecule has 100 valence electrons. The zero-order valence-corrected chi connectivity index (χ0v) is 10.7. The number of carboxylic acid groups (broad SMARTS) is 1. The summed E-state index contributed by atoms with van der Waals surface area (Å²) < 4.78 is 7.02. The van der Waals surface area contributed by atoms with Crippen LogP contribution >= 0.6 is 0 Å². The Balaban J connectivity index is 2.07. The van der Waals surface area contributed by atoms with E-state index >= 15 is 0 Å². The van der Waals surface area contributed by atoms with E-state index in [2.05, 4.69) is 5.10 Å². The predicted octanol–water partition coefficient (Wildman–Crippen LogP) is 2.42. The number of ether oxygens (including phenoxy) is 1. The first-order valence-electron chi connectivity index (χ1n) is 6.16. The smallest absolute Gasteiger partial charge is 0.305 e. The van der Waals surface area contributed by atoms with E-state index in [1.165, 1.54) is 0 Å². The number of aliphatic carboxylic acids is 1. The third-order valence-electron chi connectivity index (χ3n) is 2.69. The van der Waals surface area contributed by atoms with Crippen LogP contribution in [0.4, 0.5) is 0 Å². The highest BCUT2D eigenvalue weighted by molar-refractivity contribution is 5.66. The van der Waals surface area contributed by atoms with Gasteiger partial charge in [-0.1, -0.05) is 12.1 Å². The van der Waals surface area contributed by atoms with E-state index in [0.717, 1.165) is 16.9 Å². The summed E-state index contributed by atoms with van der Waals surface area (Å²) in [6, 6.07) is 7.74. The molecule has 0 saturated heterocycles. The molecular formula is C14H16N2O3. The summed E-state index contributed by atoms with van der Waals surface area (Å²) in [5.41, 5.74) is 2.00. The molecule has 0 amide bonds. The maximum absolute atomic E-state index is 10.5. The summed E-state index contributed by atoms with van der Waals surface area (Å²) in [4.78, 5) is 10.5. The highest BCUT2D eigenvalue weighted by Crippen LogP contribution is 2.21. The van der Waals surface area contributed by atoms with E-state index < -0.39 is 5.97 Å². The van der Waals surface area contributed by atoms with Gasteiger partial charge >= 0.3 is 5.97 Å². The lowest BCUT2D eigenvalue weighted by molar-refractivity contribution is -0.137. The van der Waals surface area contributed by atoms with Crippen LogP contribution in [0.5, 0.6) is 5.75 Å². The number of benzene rings is 1. The minimum Gasteiger partial charge on any atom is -0.494 e. The third kappa shape index (κ3) is 3.58. The van der Waals surface area contributed by atoms with Crippen molar-refractivity contribution >= 4 is 5.97 Å². The fourth-order valence-electron chi connectivity index (χ4n) is 1.76. The lowest BCUT2D eigenvalue weighted by Crippen LogP contribution is -2.04. The first-order chi connectivity index (χ1) is 9.19. The normalized spacial score (nSPS) is 10.4. The Labute approximate surface area is 111 Å². The molecule has 1 heterocycles. The molecule has 0 bridgehead atoms. The zero-order chi connectivity index (χ0) is 13.7. The second-order valence-corrected chi connectivity index (χ2v) is 4.09. The van der Waals surface area contributed by atoms with Gasteiger partial charge in [0.05, 0.1) is 25.8 Å². The Morgan fingerprint density at radius 1 is 1.32 bits per heavy atom. The summed E-state index contributed by atoms with van der Waals surface area (Å²) in [7, 11) is 0. The number of nitrogens with zero attached hydrogens (tertiary/aromatic N) is 2. The highest BCUT2D eigenvalue weighted by atomic mass is 16.5. The van der Waals surface area contributed by atoms with Crippen molar-refractivity contribution in [3.8, 4) is 16.9 Å². The molecule has 0 aliphatic carbocycles. The molecule has 0 unspecified atom stereocenters. The van der Waals surface area contributed by atoms with Gasteiger partial charge in [0.15, 0.2) is 0 Å². The lowest BCUT2D eigenvalue weighted by Gasteiger charge is -2.03. The van der Waals surface area contributed by atoms with Crippen LogP contribution in [0.1, 0.15) is 13.3 Å². The van der Waals surface area contributed by atoms with Crippen LogP contribution in [-0.2, 0) is 11.3 Å². The van der Waals surface area contributed by atoms with Gasteiger partial charge in [-0.25, -0.2) is 0 Å². The number of carboxylic acids is 1. The first kappa shape index (κ1) is 13.1. The van der Waals surface area contributed by atoms with E-state index in [0.29, 0.717) is 13.2 Å². The van der Waals surface area contributed by atoms with Gasteiger partial charge in [0.2, 0.25) is 0 Å². The van der Waals surface area contributed by atoms with Crippen LogP contribution in [0.25, 0.3) is 11.1 Å². The summed E-state index contributed by atoms with van der Waals surface area (Å²) in [6.45, 7) is 2.97. The number of aryl methyl sites for hydroxylation is 1. The second kappa shape index (κ2) is 6.04. The molecule has 1 N–H and O–H groups in total. The van der Waals surface area contributed by atoms with Crippen molar-refractivity contribution in [3.05, 3.63) is 36.7 Å². The summed E-state index contributed by atoms with van der Waals surface area (Å²) in [6.07, 6.45) is 3.65. The molecule has 0 spiro atoms. The average molecular weight is 260 g/mol. The minimum atomic E-state index is -0.821. The van der Waals surface area contributed by atoms with Crippen molar-refractivity contribution in [2.45, 2.75) is 19.9 Å². The zero-order valence-electron chi connectivity index (χ0n) is 10.7. The Kier molecular flexibility index (Phi) is 4.18. The van der Waals surface area contributed by atoms with Crippen LogP contribution in [0, 0.1) is 0 Å². The van der Waals surface area contributed by atoms with Crippen molar-refractivity contribution in [1.29, 1.82) is 0 Å². The molecule has 5 heteroatoms. The third-order valence-corrected chi connectivity index (χ3v) is 2.69.